The number of hydrogen-bond acceptors (Lipinski definition) is 3. The third kappa shape index (κ3) is 4.58. The Morgan fingerprint density at radius 2 is 1.95 bits per heavy atom. The van der Waals surface area contributed by atoms with Crippen LogP contribution in [0.3, 0.4) is 0 Å². The third-order valence-electron chi connectivity index (χ3n) is 5.00. The Morgan fingerprint density at radius 3 is 2.48 bits per heavy atom. The van der Waals surface area contributed by atoms with Crippen LogP contribution in [0.2, 0.25) is 0 Å². The van der Waals surface area contributed by atoms with Crippen molar-refractivity contribution in [2.24, 2.45) is 17.3 Å². The average molecular weight is 294 g/mol. The maximum absolute atomic E-state index is 12.0. The van der Waals surface area contributed by atoms with Crippen molar-refractivity contribution in [2.75, 3.05) is 6.61 Å². The lowest BCUT2D eigenvalue weighted by molar-refractivity contribution is -0.154. The van der Waals surface area contributed by atoms with E-state index in [9.17, 15) is 14.7 Å². The van der Waals surface area contributed by atoms with Crippen LogP contribution in [0.15, 0.2) is 12.7 Å². The van der Waals surface area contributed by atoms with E-state index >= 15 is 0 Å². The van der Waals surface area contributed by atoms with Crippen molar-refractivity contribution < 1.29 is 19.4 Å². The summed E-state index contributed by atoms with van der Waals surface area (Å²) in [6, 6.07) is 0. The molecule has 0 bridgehead atoms. The number of aliphatic carboxylic acids is 1. The molecule has 21 heavy (non-hydrogen) atoms. The number of carboxylic acids is 1. The van der Waals surface area contributed by atoms with Crippen molar-refractivity contribution in [1.82, 2.24) is 0 Å². The van der Waals surface area contributed by atoms with E-state index in [4.69, 9.17) is 4.74 Å². The normalized spacial score (nSPS) is 22.3. The molecular weight excluding hydrogens is 268 g/mol. The fourth-order valence-corrected chi connectivity index (χ4v) is 3.35. The van der Waals surface area contributed by atoms with Crippen LogP contribution in [0.5, 0.6) is 0 Å². The van der Waals surface area contributed by atoms with Crippen molar-refractivity contribution in [3.05, 3.63) is 12.7 Å². The fourth-order valence-electron chi connectivity index (χ4n) is 3.35. The second-order valence-electron chi connectivity index (χ2n) is 6.70. The van der Waals surface area contributed by atoms with Gasteiger partial charge in [0, 0.05) is 5.41 Å². The van der Waals surface area contributed by atoms with Gasteiger partial charge in [-0.1, -0.05) is 25.3 Å². The first-order valence-corrected chi connectivity index (χ1v) is 8.06. The maximum Gasteiger partial charge on any atom is 0.307 e. The zero-order chi connectivity index (χ0) is 15.3. The van der Waals surface area contributed by atoms with Gasteiger partial charge in [0.25, 0.3) is 0 Å². The summed E-state index contributed by atoms with van der Waals surface area (Å²) in [6.45, 7) is 4.14. The van der Waals surface area contributed by atoms with Gasteiger partial charge in [0.05, 0.1) is 18.9 Å². The molecular formula is C17H26O4. The lowest BCUT2D eigenvalue weighted by Gasteiger charge is -2.27. The molecule has 0 aliphatic heterocycles. The summed E-state index contributed by atoms with van der Waals surface area (Å²) >= 11 is 0. The van der Waals surface area contributed by atoms with Gasteiger partial charge in [-0.05, 0) is 38.0 Å². The summed E-state index contributed by atoms with van der Waals surface area (Å²) < 4.78 is 5.34. The average Bonchev–Trinajstić information content (AvgIpc) is 3.24. The molecule has 0 radical (unpaired) electrons. The van der Waals surface area contributed by atoms with E-state index in [1.54, 1.807) is 0 Å². The molecule has 1 N–H and O–H groups in total. The van der Waals surface area contributed by atoms with Crippen molar-refractivity contribution >= 4 is 11.9 Å². The Balaban J connectivity index is 1.80. The zero-order valence-electron chi connectivity index (χ0n) is 12.7. The van der Waals surface area contributed by atoms with E-state index in [-0.39, 0.29) is 23.7 Å². The summed E-state index contributed by atoms with van der Waals surface area (Å²) in [5, 5.41) is 9.38. The number of carbonyl (C=O) groups is 2. The third-order valence-corrected chi connectivity index (χ3v) is 5.00. The van der Waals surface area contributed by atoms with Crippen LogP contribution in [0.1, 0.15) is 57.8 Å². The quantitative estimate of drug-likeness (QED) is 0.549. The second-order valence-corrected chi connectivity index (χ2v) is 6.70. The largest absolute Gasteiger partial charge is 0.481 e. The summed E-state index contributed by atoms with van der Waals surface area (Å²) in [4.78, 5) is 23.4. The Kier molecular flexibility index (Phi) is 5.43. The van der Waals surface area contributed by atoms with Gasteiger partial charge in [-0.3, -0.25) is 9.59 Å². The smallest absolute Gasteiger partial charge is 0.307 e. The predicted molar refractivity (Wildman–Crippen MR) is 79.8 cm³/mol. The molecule has 4 nitrogen and oxygen atoms in total. The molecule has 2 aliphatic rings. The highest BCUT2D eigenvalue weighted by Gasteiger charge is 2.43. The number of carboxylic acid groups (broad SMARTS) is 1. The molecule has 0 aromatic heterocycles. The molecule has 2 saturated carbocycles. The van der Waals surface area contributed by atoms with Gasteiger partial charge in [0.1, 0.15) is 0 Å². The lowest BCUT2D eigenvalue weighted by Crippen LogP contribution is -2.29. The Labute approximate surface area is 126 Å². The van der Waals surface area contributed by atoms with E-state index in [1.807, 2.05) is 6.08 Å². The Bertz CT molecular complexity index is 392. The number of esters is 1. The molecule has 4 heteroatoms. The molecule has 0 aromatic carbocycles. The minimum atomic E-state index is -0.855. The summed E-state index contributed by atoms with van der Waals surface area (Å²) in [5.74, 6) is -1.66. The molecule has 0 unspecified atom stereocenters. The van der Waals surface area contributed by atoms with E-state index in [0.29, 0.717) is 6.61 Å². The minimum absolute atomic E-state index is 0.0180. The topological polar surface area (TPSA) is 63.6 Å². The standard InChI is InChI=1S/C17H26O4/c1-2-8-17(9-10-17)12-21-15(18)11-14(16(19)20)13-6-4-3-5-7-13/h2,13-14H,1,3-12H2,(H,19,20)/t14-/m0/s1. The highest BCUT2D eigenvalue weighted by molar-refractivity contribution is 5.79. The van der Waals surface area contributed by atoms with Crippen LogP contribution in [-0.4, -0.2) is 23.7 Å². The summed E-state index contributed by atoms with van der Waals surface area (Å²) in [6.07, 6.45) is 10.1. The first kappa shape index (κ1) is 16.1. The molecule has 2 aliphatic carbocycles. The predicted octanol–water partition coefficient (Wildman–Crippen LogP) is 3.56. The van der Waals surface area contributed by atoms with Crippen molar-refractivity contribution in [1.29, 1.82) is 0 Å². The summed E-state index contributed by atoms with van der Waals surface area (Å²) in [7, 11) is 0. The van der Waals surface area contributed by atoms with Crippen molar-refractivity contribution in [2.45, 2.75) is 57.8 Å². The van der Waals surface area contributed by atoms with Crippen molar-refractivity contribution in [3.8, 4) is 0 Å². The lowest BCUT2D eigenvalue weighted by atomic mass is 9.78. The van der Waals surface area contributed by atoms with Gasteiger partial charge in [-0.25, -0.2) is 0 Å². The number of ether oxygens (including phenoxy) is 1. The highest BCUT2D eigenvalue weighted by atomic mass is 16.5. The van der Waals surface area contributed by atoms with Gasteiger partial charge in [0.2, 0.25) is 0 Å². The van der Waals surface area contributed by atoms with Crippen LogP contribution in [-0.2, 0) is 14.3 Å². The fraction of sp³-hybridized carbons (Fsp3) is 0.765. The van der Waals surface area contributed by atoms with Gasteiger partial charge in [-0.2, -0.15) is 0 Å². The van der Waals surface area contributed by atoms with Crippen LogP contribution < -0.4 is 0 Å². The van der Waals surface area contributed by atoms with Crippen LogP contribution in [0.25, 0.3) is 0 Å². The van der Waals surface area contributed by atoms with Gasteiger partial charge in [-0.15, -0.1) is 6.58 Å². The Morgan fingerprint density at radius 1 is 1.29 bits per heavy atom. The van der Waals surface area contributed by atoms with Crippen LogP contribution >= 0.6 is 0 Å². The minimum Gasteiger partial charge on any atom is -0.481 e. The molecule has 0 spiro atoms. The molecule has 0 aromatic rings. The molecule has 0 heterocycles. The molecule has 0 saturated heterocycles. The molecule has 118 valence electrons. The molecule has 1 atom stereocenters. The maximum atomic E-state index is 12.0. The van der Waals surface area contributed by atoms with Crippen LogP contribution in [0.4, 0.5) is 0 Å². The second kappa shape index (κ2) is 7.10. The van der Waals surface area contributed by atoms with E-state index in [0.717, 1.165) is 44.9 Å². The zero-order valence-corrected chi connectivity index (χ0v) is 12.7. The first-order valence-electron chi connectivity index (χ1n) is 8.06. The van der Waals surface area contributed by atoms with E-state index in [1.165, 1.54) is 6.42 Å². The van der Waals surface area contributed by atoms with Gasteiger partial charge < -0.3 is 9.84 Å². The monoisotopic (exact) mass is 294 g/mol. The first-order chi connectivity index (χ1) is 10.1. The highest BCUT2D eigenvalue weighted by Crippen LogP contribution is 2.49. The molecule has 2 fully saturated rings. The molecule has 0 amide bonds. The number of rotatable bonds is 8. The van der Waals surface area contributed by atoms with Gasteiger partial charge >= 0.3 is 11.9 Å². The number of hydrogen-bond donors (Lipinski definition) is 1. The number of carbonyl (C=O) groups excluding carboxylic acids is 1. The van der Waals surface area contributed by atoms with Gasteiger partial charge in [0.15, 0.2) is 0 Å². The number of allylic oxidation sites excluding steroid dienone is 1. The van der Waals surface area contributed by atoms with E-state index in [2.05, 4.69) is 6.58 Å². The molecule has 2 rings (SSSR count). The SMILES string of the molecule is C=CCC1(COC(=O)C[C@H](C(=O)O)C2CCCCC2)CC1. The van der Waals surface area contributed by atoms with Crippen molar-refractivity contribution in [3.63, 3.8) is 0 Å². The van der Waals surface area contributed by atoms with Crippen LogP contribution in [0, 0.1) is 17.3 Å². The Hall–Kier alpha value is -1.32. The summed E-state index contributed by atoms with van der Waals surface area (Å²) in [5.41, 5.74) is 0.0982. The van der Waals surface area contributed by atoms with E-state index < -0.39 is 11.9 Å².